The molecule has 1 aromatic rings. The minimum atomic E-state index is -1.09. The Bertz CT molecular complexity index is 423. The molecule has 6 heteroatoms. The van der Waals surface area contributed by atoms with E-state index >= 15 is 0 Å². The lowest BCUT2D eigenvalue weighted by Gasteiger charge is -2.15. The summed E-state index contributed by atoms with van der Waals surface area (Å²) in [5.41, 5.74) is 5.96. The lowest BCUT2D eigenvalue weighted by Crippen LogP contribution is -2.23. The molecule has 3 N–H and O–H groups in total. The molecule has 1 aliphatic carbocycles. The molecule has 2 rings (SSSR count). The minimum Gasteiger partial charge on any atom is -0.480 e. The molecule has 1 aliphatic rings. The smallest absolute Gasteiger partial charge is 0.326 e. The number of anilines is 1. The van der Waals surface area contributed by atoms with Crippen molar-refractivity contribution in [3.05, 3.63) is 17.6 Å². The van der Waals surface area contributed by atoms with E-state index in [0.29, 0.717) is 23.3 Å². The van der Waals surface area contributed by atoms with Gasteiger partial charge in [0, 0.05) is 26.1 Å². The summed E-state index contributed by atoms with van der Waals surface area (Å²) in [6.07, 6.45) is 2.14. The van der Waals surface area contributed by atoms with Gasteiger partial charge in [-0.25, -0.2) is 9.97 Å². The van der Waals surface area contributed by atoms with Gasteiger partial charge in [-0.15, -0.1) is 0 Å². The number of hydrogen-bond acceptors (Lipinski definition) is 5. The highest BCUT2D eigenvalue weighted by Gasteiger charge is 2.29. The van der Waals surface area contributed by atoms with Crippen LogP contribution in [0.4, 0.5) is 5.82 Å². The molecular formula is C11H16N4O2. The number of hydrogen-bond donors (Lipinski definition) is 2. The Morgan fingerprint density at radius 3 is 2.65 bits per heavy atom. The third kappa shape index (κ3) is 2.52. The third-order valence-corrected chi connectivity index (χ3v) is 2.74. The maximum absolute atomic E-state index is 10.9. The van der Waals surface area contributed by atoms with E-state index in [1.807, 2.05) is 19.0 Å². The predicted octanol–water partition coefficient (Wildman–Crippen LogP) is 0.504. The first-order valence-corrected chi connectivity index (χ1v) is 5.53. The maximum atomic E-state index is 10.9. The second kappa shape index (κ2) is 4.29. The zero-order valence-corrected chi connectivity index (χ0v) is 9.92. The van der Waals surface area contributed by atoms with Crippen LogP contribution in [-0.4, -0.2) is 35.1 Å². The van der Waals surface area contributed by atoms with Crippen molar-refractivity contribution in [2.45, 2.75) is 24.8 Å². The van der Waals surface area contributed by atoms with Gasteiger partial charge in [-0.05, 0) is 12.8 Å². The SMILES string of the molecule is CN(C)c1cc(C(N)C(=O)O)nc(C2CC2)n1. The van der Waals surface area contributed by atoms with Gasteiger partial charge < -0.3 is 15.7 Å². The van der Waals surface area contributed by atoms with Crippen LogP contribution in [0, 0.1) is 0 Å². The summed E-state index contributed by atoms with van der Waals surface area (Å²) in [5.74, 6) is 0.710. The van der Waals surface area contributed by atoms with E-state index in [9.17, 15) is 4.79 Å². The topological polar surface area (TPSA) is 92.3 Å². The Balaban J connectivity index is 2.40. The largest absolute Gasteiger partial charge is 0.480 e. The first-order chi connectivity index (χ1) is 7.99. The molecule has 92 valence electrons. The quantitative estimate of drug-likeness (QED) is 0.791. The van der Waals surface area contributed by atoms with E-state index in [-0.39, 0.29) is 0 Å². The zero-order chi connectivity index (χ0) is 12.6. The van der Waals surface area contributed by atoms with Crippen LogP contribution in [0.3, 0.4) is 0 Å². The normalized spacial score (nSPS) is 16.6. The average molecular weight is 236 g/mol. The fourth-order valence-electron chi connectivity index (χ4n) is 1.51. The summed E-state index contributed by atoms with van der Waals surface area (Å²) in [7, 11) is 3.71. The molecule has 1 heterocycles. The molecule has 0 bridgehead atoms. The van der Waals surface area contributed by atoms with Gasteiger partial charge in [0.2, 0.25) is 0 Å². The van der Waals surface area contributed by atoms with Gasteiger partial charge >= 0.3 is 5.97 Å². The summed E-state index contributed by atoms with van der Waals surface area (Å²) < 4.78 is 0. The van der Waals surface area contributed by atoms with Crippen molar-refractivity contribution in [2.24, 2.45) is 5.73 Å². The standard InChI is InChI=1S/C11H16N4O2/c1-15(2)8-5-7(9(12)11(16)17)13-10(14-8)6-3-4-6/h5-6,9H,3-4,12H2,1-2H3,(H,16,17). The molecular weight excluding hydrogens is 220 g/mol. The number of nitrogens with zero attached hydrogens (tertiary/aromatic N) is 3. The first-order valence-electron chi connectivity index (χ1n) is 5.53. The second-order valence-corrected chi connectivity index (χ2v) is 4.49. The fourth-order valence-corrected chi connectivity index (χ4v) is 1.51. The lowest BCUT2D eigenvalue weighted by atomic mass is 10.2. The van der Waals surface area contributed by atoms with E-state index in [0.717, 1.165) is 12.8 Å². The molecule has 0 aromatic carbocycles. The van der Waals surface area contributed by atoms with E-state index in [1.54, 1.807) is 6.07 Å². The molecule has 1 aromatic heterocycles. The Hall–Kier alpha value is -1.69. The summed E-state index contributed by atoms with van der Waals surface area (Å²) in [6.45, 7) is 0. The van der Waals surface area contributed by atoms with E-state index in [4.69, 9.17) is 10.8 Å². The Kier molecular flexibility index (Phi) is 2.97. The van der Waals surface area contributed by atoms with Crippen molar-refractivity contribution < 1.29 is 9.90 Å². The van der Waals surface area contributed by atoms with Crippen LogP contribution >= 0.6 is 0 Å². The van der Waals surface area contributed by atoms with Crippen molar-refractivity contribution in [3.63, 3.8) is 0 Å². The van der Waals surface area contributed by atoms with Crippen LogP contribution < -0.4 is 10.6 Å². The highest BCUT2D eigenvalue weighted by Crippen LogP contribution is 2.38. The summed E-state index contributed by atoms with van der Waals surface area (Å²) in [4.78, 5) is 21.4. The molecule has 1 unspecified atom stereocenters. The van der Waals surface area contributed by atoms with Crippen molar-refractivity contribution in [1.29, 1.82) is 0 Å². The minimum absolute atomic E-state index is 0.370. The lowest BCUT2D eigenvalue weighted by molar-refractivity contribution is -0.138. The maximum Gasteiger partial charge on any atom is 0.326 e. The third-order valence-electron chi connectivity index (χ3n) is 2.74. The van der Waals surface area contributed by atoms with Gasteiger partial charge in [-0.1, -0.05) is 0 Å². The summed E-state index contributed by atoms with van der Waals surface area (Å²) in [5, 5.41) is 8.91. The van der Waals surface area contributed by atoms with Gasteiger partial charge in [0.15, 0.2) is 0 Å². The van der Waals surface area contributed by atoms with Crippen LogP contribution in [0.1, 0.15) is 36.3 Å². The number of rotatable bonds is 4. The summed E-state index contributed by atoms with van der Waals surface area (Å²) >= 11 is 0. The van der Waals surface area contributed by atoms with Gasteiger partial charge in [-0.3, -0.25) is 4.79 Å². The van der Waals surface area contributed by atoms with Crippen LogP contribution in [0.15, 0.2) is 6.07 Å². The highest BCUT2D eigenvalue weighted by atomic mass is 16.4. The zero-order valence-electron chi connectivity index (χ0n) is 9.92. The van der Waals surface area contributed by atoms with Crippen LogP contribution in [-0.2, 0) is 4.79 Å². The van der Waals surface area contributed by atoms with Gasteiger partial charge in [-0.2, -0.15) is 0 Å². The Labute approximate surface area is 99.5 Å². The Morgan fingerprint density at radius 1 is 1.53 bits per heavy atom. The molecule has 1 fully saturated rings. The molecule has 1 saturated carbocycles. The van der Waals surface area contributed by atoms with E-state index in [2.05, 4.69) is 9.97 Å². The molecule has 1 atom stereocenters. The molecule has 0 amide bonds. The second-order valence-electron chi connectivity index (χ2n) is 4.49. The number of aromatic nitrogens is 2. The number of carbonyl (C=O) groups is 1. The van der Waals surface area contributed by atoms with Crippen molar-refractivity contribution >= 4 is 11.8 Å². The monoisotopic (exact) mass is 236 g/mol. The fraction of sp³-hybridized carbons (Fsp3) is 0.545. The van der Waals surface area contributed by atoms with E-state index in [1.165, 1.54) is 0 Å². The van der Waals surface area contributed by atoms with Crippen LogP contribution in [0.5, 0.6) is 0 Å². The van der Waals surface area contributed by atoms with E-state index < -0.39 is 12.0 Å². The van der Waals surface area contributed by atoms with Gasteiger partial charge in [0.05, 0.1) is 5.69 Å². The molecule has 0 radical (unpaired) electrons. The van der Waals surface area contributed by atoms with Crippen molar-refractivity contribution in [2.75, 3.05) is 19.0 Å². The molecule has 0 spiro atoms. The number of carboxylic acid groups (broad SMARTS) is 1. The Morgan fingerprint density at radius 2 is 2.18 bits per heavy atom. The summed E-state index contributed by atoms with van der Waals surface area (Å²) in [6, 6.07) is 0.541. The number of carboxylic acids is 1. The van der Waals surface area contributed by atoms with Crippen LogP contribution in [0.25, 0.3) is 0 Å². The average Bonchev–Trinajstić information content (AvgIpc) is 3.11. The highest BCUT2D eigenvalue weighted by molar-refractivity contribution is 5.74. The van der Waals surface area contributed by atoms with Crippen molar-refractivity contribution in [3.8, 4) is 0 Å². The molecule has 0 saturated heterocycles. The molecule has 6 nitrogen and oxygen atoms in total. The first kappa shape index (κ1) is 11.8. The number of nitrogens with two attached hydrogens (primary N) is 1. The molecule has 0 aliphatic heterocycles. The molecule has 17 heavy (non-hydrogen) atoms. The van der Waals surface area contributed by atoms with Crippen molar-refractivity contribution in [1.82, 2.24) is 9.97 Å². The van der Waals surface area contributed by atoms with Gasteiger partial charge in [0.1, 0.15) is 17.7 Å². The number of aliphatic carboxylic acids is 1. The predicted molar refractivity (Wildman–Crippen MR) is 62.9 cm³/mol. The van der Waals surface area contributed by atoms with Gasteiger partial charge in [0.25, 0.3) is 0 Å². The van der Waals surface area contributed by atoms with Crippen LogP contribution in [0.2, 0.25) is 0 Å².